The highest BCUT2D eigenvalue weighted by atomic mass is 16.5. The highest BCUT2D eigenvalue weighted by Gasteiger charge is 2.14. The van der Waals surface area contributed by atoms with Crippen LogP contribution in [0.5, 0.6) is 0 Å². The molecular formula is C10H21NO3. The van der Waals surface area contributed by atoms with Crippen molar-refractivity contribution in [2.75, 3.05) is 26.8 Å². The lowest BCUT2D eigenvalue weighted by molar-refractivity contribution is -0.138. The summed E-state index contributed by atoms with van der Waals surface area (Å²) < 4.78 is 4.95. The molecule has 0 aliphatic carbocycles. The lowest BCUT2D eigenvalue weighted by Gasteiger charge is -2.26. The molecule has 0 rings (SSSR count). The third-order valence-electron chi connectivity index (χ3n) is 2.29. The summed E-state index contributed by atoms with van der Waals surface area (Å²) >= 11 is 0. The first-order valence-electron chi connectivity index (χ1n) is 5.06. The number of aliphatic carboxylic acids is 1. The Morgan fingerprint density at radius 1 is 1.57 bits per heavy atom. The van der Waals surface area contributed by atoms with Gasteiger partial charge in [-0.05, 0) is 19.9 Å². The van der Waals surface area contributed by atoms with Gasteiger partial charge in [-0.1, -0.05) is 6.92 Å². The molecule has 0 aliphatic rings. The molecule has 0 spiro atoms. The Kier molecular flexibility index (Phi) is 7.42. The number of methoxy groups -OCH3 is 1. The summed E-state index contributed by atoms with van der Waals surface area (Å²) in [4.78, 5) is 12.7. The van der Waals surface area contributed by atoms with Crippen LogP contribution in [-0.2, 0) is 9.53 Å². The van der Waals surface area contributed by atoms with Gasteiger partial charge in [-0.25, -0.2) is 0 Å². The molecule has 0 aromatic rings. The number of carboxylic acids is 1. The van der Waals surface area contributed by atoms with Gasteiger partial charge in [0.05, 0.1) is 6.42 Å². The third-order valence-corrected chi connectivity index (χ3v) is 2.29. The standard InChI is InChI=1S/C10H21NO3/c1-4-11(6-5-7-14-3)9(2)8-10(12)13/h9H,4-8H2,1-3H3,(H,12,13). The Labute approximate surface area is 85.9 Å². The van der Waals surface area contributed by atoms with Crippen LogP contribution in [0.25, 0.3) is 0 Å². The predicted octanol–water partition coefficient (Wildman–Crippen LogP) is 1.21. The number of nitrogens with zero attached hydrogens (tertiary/aromatic N) is 1. The summed E-state index contributed by atoms with van der Waals surface area (Å²) in [5.74, 6) is -0.734. The van der Waals surface area contributed by atoms with Crippen LogP contribution in [-0.4, -0.2) is 48.8 Å². The molecule has 14 heavy (non-hydrogen) atoms. The molecule has 1 atom stereocenters. The van der Waals surface area contributed by atoms with E-state index < -0.39 is 5.97 Å². The molecule has 0 aliphatic heterocycles. The van der Waals surface area contributed by atoms with E-state index in [4.69, 9.17) is 9.84 Å². The zero-order chi connectivity index (χ0) is 11.0. The molecule has 1 unspecified atom stereocenters. The van der Waals surface area contributed by atoms with Gasteiger partial charge in [0, 0.05) is 26.3 Å². The molecule has 4 nitrogen and oxygen atoms in total. The van der Waals surface area contributed by atoms with E-state index in [2.05, 4.69) is 4.90 Å². The number of ether oxygens (including phenoxy) is 1. The van der Waals surface area contributed by atoms with Crippen LogP contribution in [0.2, 0.25) is 0 Å². The Hall–Kier alpha value is -0.610. The van der Waals surface area contributed by atoms with E-state index in [9.17, 15) is 4.79 Å². The van der Waals surface area contributed by atoms with E-state index in [0.29, 0.717) is 0 Å². The Morgan fingerprint density at radius 2 is 2.21 bits per heavy atom. The fourth-order valence-electron chi connectivity index (χ4n) is 1.48. The molecule has 1 N–H and O–H groups in total. The second-order valence-electron chi connectivity index (χ2n) is 3.42. The largest absolute Gasteiger partial charge is 0.481 e. The first-order chi connectivity index (χ1) is 6.61. The fourth-order valence-corrected chi connectivity index (χ4v) is 1.48. The Balaban J connectivity index is 3.80. The molecule has 0 bridgehead atoms. The van der Waals surface area contributed by atoms with Crippen molar-refractivity contribution in [1.82, 2.24) is 4.90 Å². The molecular weight excluding hydrogens is 182 g/mol. The van der Waals surface area contributed by atoms with E-state index in [0.717, 1.165) is 26.1 Å². The lowest BCUT2D eigenvalue weighted by atomic mass is 10.2. The fraction of sp³-hybridized carbons (Fsp3) is 0.900. The topological polar surface area (TPSA) is 49.8 Å². The maximum Gasteiger partial charge on any atom is 0.304 e. The third kappa shape index (κ3) is 5.94. The van der Waals surface area contributed by atoms with Crippen LogP contribution >= 0.6 is 0 Å². The summed E-state index contributed by atoms with van der Waals surface area (Å²) in [6, 6.07) is 0.106. The van der Waals surface area contributed by atoms with Crippen molar-refractivity contribution in [2.45, 2.75) is 32.7 Å². The van der Waals surface area contributed by atoms with Crippen molar-refractivity contribution in [3.63, 3.8) is 0 Å². The molecule has 0 fully saturated rings. The molecule has 0 saturated carbocycles. The second kappa shape index (κ2) is 7.76. The van der Waals surface area contributed by atoms with E-state index >= 15 is 0 Å². The van der Waals surface area contributed by atoms with Gasteiger partial charge < -0.3 is 14.7 Å². The normalized spacial score (nSPS) is 13.1. The van der Waals surface area contributed by atoms with Gasteiger partial charge in [0.2, 0.25) is 0 Å². The number of carbonyl (C=O) groups is 1. The summed E-state index contributed by atoms with van der Waals surface area (Å²) in [7, 11) is 1.68. The van der Waals surface area contributed by atoms with Crippen LogP contribution in [0.15, 0.2) is 0 Å². The van der Waals surface area contributed by atoms with Crippen molar-refractivity contribution in [2.24, 2.45) is 0 Å². The number of hydrogen-bond donors (Lipinski definition) is 1. The van der Waals surface area contributed by atoms with Gasteiger partial charge in [0.25, 0.3) is 0 Å². The molecule has 0 heterocycles. The van der Waals surface area contributed by atoms with Crippen LogP contribution in [0.3, 0.4) is 0 Å². The summed E-state index contributed by atoms with van der Waals surface area (Å²) in [5, 5.41) is 8.65. The smallest absolute Gasteiger partial charge is 0.304 e. The Bertz CT molecular complexity index is 161. The highest BCUT2D eigenvalue weighted by molar-refractivity contribution is 5.67. The number of hydrogen-bond acceptors (Lipinski definition) is 3. The molecule has 84 valence electrons. The SMILES string of the molecule is CCN(CCCOC)C(C)CC(=O)O. The van der Waals surface area contributed by atoms with Crippen LogP contribution < -0.4 is 0 Å². The van der Waals surface area contributed by atoms with Gasteiger partial charge in [-0.15, -0.1) is 0 Å². The maximum atomic E-state index is 10.5. The quantitative estimate of drug-likeness (QED) is 0.602. The van der Waals surface area contributed by atoms with Crippen molar-refractivity contribution >= 4 is 5.97 Å². The highest BCUT2D eigenvalue weighted by Crippen LogP contribution is 2.04. The molecule has 0 saturated heterocycles. The average Bonchev–Trinajstić information content (AvgIpc) is 2.11. The number of rotatable bonds is 8. The van der Waals surface area contributed by atoms with Gasteiger partial charge in [-0.2, -0.15) is 0 Å². The molecule has 0 aromatic carbocycles. The van der Waals surface area contributed by atoms with E-state index in [1.807, 2.05) is 13.8 Å². The Morgan fingerprint density at radius 3 is 2.64 bits per heavy atom. The average molecular weight is 203 g/mol. The van der Waals surface area contributed by atoms with E-state index in [1.165, 1.54) is 0 Å². The van der Waals surface area contributed by atoms with Crippen molar-refractivity contribution in [3.05, 3.63) is 0 Å². The van der Waals surface area contributed by atoms with Gasteiger partial charge >= 0.3 is 5.97 Å². The minimum absolute atomic E-state index is 0.106. The minimum Gasteiger partial charge on any atom is -0.481 e. The summed E-state index contributed by atoms with van der Waals surface area (Å²) in [5.41, 5.74) is 0. The molecule has 4 heteroatoms. The summed E-state index contributed by atoms with van der Waals surface area (Å²) in [6.45, 7) is 6.52. The monoisotopic (exact) mass is 203 g/mol. The molecule has 0 amide bonds. The van der Waals surface area contributed by atoms with Crippen LogP contribution in [0, 0.1) is 0 Å². The predicted molar refractivity (Wildman–Crippen MR) is 55.5 cm³/mol. The maximum absolute atomic E-state index is 10.5. The molecule has 0 radical (unpaired) electrons. The van der Waals surface area contributed by atoms with Crippen molar-refractivity contribution < 1.29 is 14.6 Å². The van der Waals surface area contributed by atoms with Crippen molar-refractivity contribution in [3.8, 4) is 0 Å². The van der Waals surface area contributed by atoms with E-state index in [-0.39, 0.29) is 12.5 Å². The zero-order valence-electron chi connectivity index (χ0n) is 9.32. The first-order valence-corrected chi connectivity index (χ1v) is 5.06. The lowest BCUT2D eigenvalue weighted by Crippen LogP contribution is -2.35. The zero-order valence-corrected chi connectivity index (χ0v) is 9.32. The summed E-state index contributed by atoms with van der Waals surface area (Å²) in [6.07, 6.45) is 1.16. The van der Waals surface area contributed by atoms with Gasteiger partial charge in [0.1, 0.15) is 0 Å². The van der Waals surface area contributed by atoms with Crippen LogP contribution in [0.4, 0.5) is 0 Å². The molecule has 0 aromatic heterocycles. The van der Waals surface area contributed by atoms with E-state index in [1.54, 1.807) is 7.11 Å². The minimum atomic E-state index is -0.734. The van der Waals surface area contributed by atoms with Crippen LogP contribution in [0.1, 0.15) is 26.7 Å². The van der Waals surface area contributed by atoms with Crippen molar-refractivity contribution in [1.29, 1.82) is 0 Å². The first kappa shape index (κ1) is 13.4. The van der Waals surface area contributed by atoms with Gasteiger partial charge in [-0.3, -0.25) is 4.79 Å². The number of carboxylic acid groups (broad SMARTS) is 1. The van der Waals surface area contributed by atoms with Gasteiger partial charge in [0.15, 0.2) is 0 Å². The second-order valence-corrected chi connectivity index (χ2v) is 3.42.